The molecular formula is C35H48N4O5. The maximum Gasteiger partial charge on any atom is 0.410 e. The summed E-state index contributed by atoms with van der Waals surface area (Å²) in [5.41, 5.74) is 1.51. The van der Waals surface area contributed by atoms with Crippen molar-refractivity contribution in [3.8, 4) is 0 Å². The fourth-order valence-electron chi connectivity index (χ4n) is 7.03. The van der Waals surface area contributed by atoms with Crippen LogP contribution in [0.1, 0.15) is 104 Å². The molecule has 4 unspecified atom stereocenters. The molecule has 3 aliphatic rings. The summed E-state index contributed by atoms with van der Waals surface area (Å²) in [6.07, 6.45) is 7.72. The van der Waals surface area contributed by atoms with Crippen LogP contribution in [0.15, 0.2) is 48.8 Å². The highest BCUT2D eigenvalue weighted by molar-refractivity contribution is 6.03. The van der Waals surface area contributed by atoms with Crippen molar-refractivity contribution in [3.05, 3.63) is 59.9 Å². The summed E-state index contributed by atoms with van der Waals surface area (Å²) in [4.78, 5) is 49.9. The second kappa shape index (κ2) is 12.5. The Hall–Kier alpha value is -3.46. The second-order valence-corrected chi connectivity index (χ2v) is 14.7. The van der Waals surface area contributed by atoms with E-state index in [1.165, 1.54) is 0 Å². The van der Waals surface area contributed by atoms with Crippen molar-refractivity contribution < 1.29 is 24.2 Å². The molecule has 238 valence electrons. The maximum atomic E-state index is 14.9. The van der Waals surface area contributed by atoms with Gasteiger partial charge >= 0.3 is 6.09 Å². The van der Waals surface area contributed by atoms with E-state index < -0.39 is 41.8 Å². The average molecular weight is 605 g/mol. The zero-order chi connectivity index (χ0) is 31.8. The molecule has 9 heteroatoms. The topological polar surface area (TPSA) is 112 Å². The molecular weight excluding hydrogens is 556 g/mol. The number of pyridine rings is 1. The molecule has 3 amide bonds. The molecule has 3 heterocycles. The number of aromatic nitrogens is 1. The van der Waals surface area contributed by atoms with Crippen molar-refractivity contribution in [2.75, 3.05) is 4.90 Å². The summed E-state index contributed by atoms with van der Waals surface area (Å²) in [5.74, 6) is -1.11. The van der Waals surface area contributed by atoms with Crippen LogP contribution in [0.5, 0.6) is 0 Å². The minimum atomic E-state index is -0.961. The van der Waals surface area contributed by atoms with Crippen molar-refractivity contribution in [1.29, 1.82) is 0 Å². The number of amides is 3. The molecule has 0 radical (unpaired) electrons. The lowest BCUT2D eigenvalue weighted by Crippen LogP contribution is -2.51. The Morgan fingerprint density at radius 2 is 1.66 bits per heavy atom. The molecule has 9 nitrogen and oxygen atoms in total. The fourth-order valence-corrected chi connectivity index (χ4v) is 7.03. The molecule has 2 aromatic rings. The number of hydrogen-bond donors (Lipinski definition) is 2. The average Bonchev–Trinajstić information content (AvgIpc) is 3.50. The summed E-state index contributed by atoms with van der Waals surface area (Å²) < 4.78 is 5.69. The maximum absolute atomic E-state index is 14.9. The monoisotopic (exact) mass is 604 g/mol. The van der Waals surface area contributed by atoms with Crippen LogP contribution in [-0.2, 0) is 19.7 Å². The molecule has 3 fully saturated rings. The standard InChI is InChI=1S/C35H48N4O5/c1-34(2,3)23-14-16-25(17-15-23)38(30(22-11-10-18-36-21-22)31(41)37-24-12-8-7-9-13-24)32(42)26-19-28-29(40)20-27(26)39(28)33(43)44-35(4,5)6/h10-11,14-18,21,24,26-30,40H,7-9,12-13,19-20H2,1-6H3,(H,37,41)/t26?,27?,28?,29-,30?/m0/s1. The van der Waals surface area contributed by atoms with Gasteiger partial charge in [0.2, 0.25) is 11.8 Å². The van der Waals surface area contributed by atoms with Gasteiger partial charge in [-0.05, 0) is 75.6 Å². The highest BCUT2D eigenvalue weighted by atomic mass is 16.6. The van der Waals surface area contributed by atoms with Crippen LogP contribution in [0.4, 0.5) is 10.5 Å². The fraction of sp³-hybridized carbons (Fsp3) is 0.600. The minimum absolute atomic E-state index is 0.0518. The van der Waals surface area contributed by atoms with Crippen molar-refractivity contribution in [2.45, 2.75) is 128 Å². The first-order valence-corrected chi connectivity index (χ1v) is 16.1. The number of nitrogens with one attached hydrogen (secondary N) is 1. The van der Waals surface area contributed by atoms with Crippen LogP contribution in [-0.4, -0.2) is 62.7 Å². The summed E-state index contributed by atoms with van der Waals surface area (Å²) in [6.45, 7) is 11.8. The Morgan fingerprint density at radius 1 is 0.977 bits per heavy atom. The SMILES string of the molecule is CC(C)(C)OC(=O)N1C2C[C@H](O)C1CC2C(=O)N(c1ccc(C(C)(C)C)cc1)C(C(=O)NC1CCCCC1)c1cccnc1. The summed E-state index contributed by atoms with van der Waals surface area (Å²) in [7, 11) is 0. The Morgan fingerprint density at radius 3 is 2.25 bits per heavy atom. The molecule has 2 bridgehead atoms. The lowest BCUT2D eigenvalue weighted by atomic mass is 9.85. The van der Waals surface area contributed by atoms with Crippen LogP contribution >= 0.6 is 0 Å². The van der Waals surface area contributed by atoms with Gasteiger partial charge in [-0.3, -0.25) is 24.4 Å². The zero-order valence-corrected chi connectivity index (χ0v) is 27.0. The molecule has 2 aliphatic heterocycles. The van der Waals surface area contributed by atoms with Gasteiger partial charge < -0.3 is 15.2 Å². The first-order valence-electron chi connectivity index (χ1n) is 16.1. The van der Waals surface area contributed by atoms with Gasteiger partial charge in [0.25, 0.3) is 0 Å². The first-order chi connectivity index (χ1) is 20.7. The first kappa shape index (κ1) is 31.9. The predicted octanol–water partition coefficient (Wildman–Crippen LogP) is 5.66. The lowest BCUT2D eigenvalue weighted by molar-refractivity contribution is -0.129. The molecule has 44 heavy (non-hydrogen) atoms. The van der Waals surface area contributed by atoms with E-state index in [2.05, 4.69) is 31.1 Å². The number of aliphatic hydroxyl groups is 1. The van der Waals surface area contributed by atoms with Gasteiger partial charge in [-0.1, -0.05) is 58.2 Å². The number of ether oxygens (including phenoxy) is 1. The molecule has 5 rings (SSSR count). The highest BCUT2D eigenvalue weighted by Gasteiger charge is 2.58. The van der Waals surface area contributed by atoms with E-state index in [0.29, 0.717) is 17.7 Å². The van der Waals surface area contributed by atoms with E-state index in [0.717, 1.165) is 37.7 Å². The number of benzene rings is 1. The van der Waals surface area contributed by atoms with Crippen LogP contribution in [0.25, 0.3) is 0 Å². The third-order valence-electron chi connectivity index (χ3n) is 9.23. The van der Waals surface area contributed by atoms with Crippen LogP contribution < -0.4 is 10.2 Å². The molecule has 1 aromatic carbocycles. The van der Waals surface area contributed by atoms with Crippen molar-refractivity contribution in [3.63, 3.8) is 0 Å². The van der Waals surface area contributed by atoms with Gasteiger partial charge in [0.15, 0.2) is 0 Å². The molecule has 1 saturated carbocycles. The number of carbonyl (C=O) groups excluding carboxylic acids is 3. The van der Waals surface area contributed by atoms with E-state index in [4.69, 9.17) is 4.74 Å². The predicted molar refractivity (Wildman–Crippen MR) is 169 cm³/mol. The number of anilines is 1. The Balaban J connectivity index is 1.55. The Bertz CT molecular complexity index is 1330. The zero-order valence-electron chi connectivity index (χ0n) is 27.0. The number of aliphatic hydroxyl groups excluding tert-OH is 1. The van der Waals surface area contributed by atoms with Gasteiger partial charge in [-0.2, -0.15) is 0 Å². The number of carbonyl (C=O) groups is 3. The van der Waals surface area contributed by atoms with Gasteiger partial charge in [-0.15, -0.1) is 0 Å². The van der Waals surface area contributed by atoms with Gasteiger partial charge in [0.1, 0.15) is 11.6 Å². The van der Waals surface area contributed by atoms with Crippen molar-refractivity contribution >= 4 is 23.6 Å². The smallest absolute Gasteiger partial charge is 0.410 e. The molecule has 1 aromatic heterocycles. The third-order valence-corrected chi connectivity index (χ3v) is 9.23. The molecule has 1 aliphatic carbocycles. The summed E-state index contributed by atoms with van der Waals surface area (Å²) in [6, 6.07) is 9.46. The third kappa shape index (κ3) is 6.77. The molecule has 5 atom stereocenters. The normalized spacial score (nSPS) is 24.6. The van der Waals surface area contributed by atoms with Crippen molar-refractivity contribution in [1.82, 2.24) is 15.2 Å². The second-order valence-electron chi connectivity index (χ2n) is 14.7. The van der Waals surface area contributed by atoms with E-state index in [1.54, 1.807) is 49.0 Å². The minimum Gasteiger partial charge on any atom is -0.444 e. The van der Waals surface area contributed by atoms with Crippen LogP contribution in [0.2, 0.25) is 0 Å². The van der Waals surface area contributed by atoms with E-state index >= 15 is 0 Å². The Kier molecular flexibility index (Phi) is 9.08. The van der Waals surface area contributed by atoms with E-state index in [9.17, 15) is 19.5 Å². The van der Waals surface area contributed by atoms with Crippen LogP contribution in [0.3, 0.4) is 0 Å². The summed E-state index contributed by atoms with van der Waals surface area (Å²) in [5, 5.41) is 14.1. The number of rotatable bonds is 6. The highest BCUT2D eigenvalue weighted by Crippen LogP contribution is 2.45. The van der Waals surface area contributed by atoms with Crippen molar-refractivity contribution in [2.24, 2.45) is 5.92 Å². The largest absolute Gasteiger partial charge is 0.444 e. The lowest BCUT2D eigenvalue weighted by Gasteiger charge is -2.36. The number of fused-ring (bicyclic) bond motifs is 2. The molecule has 2 N–H and O–H groups in total. The number of nitrogens with zero attached hydrogens (tertiary/aromatic N) is 3. The quantitative estimate of drug-likeness (QED) is 0.440. The van der Waals surface area contributed by atoms with Gasteiger partial charge in [0, 0.05) is 35.7 Å². The molecule has 0 spiro atoms. The summed E-state index contributed by atoms with van der Waals surface area (Å²) >= 11 is 0. The van der Waals surface area contributed by atoms with Gasteiger partial charge in [-0.25, -0.2) is 4.79 Å². The van der Waals surface area contributed by atoms with Crippen LogP contribution in [0, 0.1) is 5.92 Å². The number of hydrogen-bond acceptors (Lipinski definition) is 6. The van der Waals surface area contributed by atoms with Gasteiger partial charge in [0.05, 0.1) is 18.1 Å². The van der Waals surface area contributed by atoms with E-state index in [1.807, 2.05) is 30.3 Å². The Labute approximate surface area is 261 Å². The molecule has 2 saturated heterocycles. The van der Waals surface area contributed by atoms with E-state index in [-0.39, 0.29) is 29.7 Å².